The van der Waals surface area contributed by atoms with Gasteiger partial charge in [0, 0.05) is 0 Å². The molecule has 1 atom stereocenters. The lowest BCUT2D eigenvalue weighted by Gasteiger charge is -2.26. The lowest BCUT2D eigenvalue weighted by atomic mass is 10.0. The molecule has 2 aromatic rings. The number of hydrogen-bond donors (Lipinski definition) is 1. The minimum Gasteiger partial charge on any atom is -0.348 e. The van der Waals surface area contributed by atoms with Gasteiger partial charge in [0.25, 0.3) is 0 Å². The van der Waals surface area contributed by atoms with E-state index in [2.05, 4.69) is 47.5 Å². The second-order valence-electron chi connectivity index (χ2n) is 6.23. The van der Waals surface area contributed by atoms with Gasteiger partial charge in [-0.25, -0.2) is 0 Å². The first-order valence-electron chi connectivity index (χ1n) is 8.23. The Kier molecular flexibility index (Phi) is 4.74. The number of carbonyl (C=O) groups excluding carboxylic acids is 1. The number of nitrogens with one attached hydrogen (secondary N) is 1. The maximum Gasteiger partial charge on any atom is 0.234 e. The molecule has 1 aliphatic rings. The molecular weight excluding hydrogens is 272 g/mol. The topological polar surface area (TPSA) is 32.3 Å². The van der Waals surface area contributed by atoms with Gasteiger partial charge in [0.1, 0.15) is 0 Å². The van der Waals surface area contributed by atoms with Gasteiger partial charge in [-0.1, -0.05) is 42.8 Å². The molecule has 0 radical (unpaired) electrons. The zero-order valence-electron chi connectivity index (χ0n) is 13.2. The van der Waals surface area contributed by atoms with Gasteiger partial charge in [0.15, 0.2) is 0 Å². The van der Waals surface area contributed by atoms with Crippen LogP contribution in [-0.2, 0) is 4.79 Å². The van der Waals surface area contributed by atoms with E-state index in [9.17, 15) is 4.79 Å². The number of nitrogens with zero attached hydrogens (tertiary/aromatic N) is 1. The number of amides is 1. The molecule has 3 rings (SSSR count). The Hall–Kier alpha value is -1.87. The molecule has 0 bridgehead atoms. The van der Waals surface area contributed by atoms with E-state index in [0.717, 1.165) is 18.7 Å². The van der Waals surface area contributed by atoms with Gasteiger partial charge in [-0.2, -0.15) is 0 Å². The molecule has 3 heteroatoms. The molecule has 1 fully saturated rings. The van der Waals surface area contributed by atoms with E-state index in [1.54, 1.807) is 0 Å². The Morgan fingerprint density at radius 2 is 1.82 bits per heavy atom. The van der Waals surface area contributed by atoms with Crippen LogP contribution in [0.2, 0.25) is 0 Å². The second kappa shape index (κ2) is 6.93. The van der Waals surface area contributed by atoms with Gasteiger partial charge in [-0.05, 0) is 55.3 Å². The van der Waals surface area contributed by atoms with Crippen molar-refractivity contribution < 1.29 is 4.79 Å². The highest BCUT2D eigenvalue weighted by Crippen LogP contribution is 2.20. The fourth-order valence-corrected chi connectivity index (χ4v) is 3.17. The van der Waals surface area contributed by atoms with Crippen molar-refractivity contribution in [3.05, 3.63) is 48.0 Å². The van der Waals surface area contributed by atoms with Crippen molar-refractivity contribution in [2.45, 2.75) is 32.2 Å². The molecule has 1 amide bonds. The van der Waals surface area contributed by atoms with Crippen LogP contribution in [0.4, 0.5) is 0 Å². The molecule has 116 valence electrons. The van der Waals surface area contributed by atoms with Crippen LogP contribution in [0.5, 0.6) is 0 Å². The summed E-state index contributed by atoms with van der Waals surface area (Å²) in [4.78, 5) is 14.5. The van der Waals surface area contributed by atoms with E-state index in [1.807, 2.05) is 12.1 Å². The smallest absolute Gasteiger partial charge is 0.234 e. The number of likely N-dealkylation sites (tertiary alicyclic amines) is 1. The Morgan fingerprint density at radius 1 is 1.09 bits per heavy atom. The minimum absolute atomic E-state index is 0.0434. The van der Waals surface area contributed by atoms with Gasteiger partial charge in [0.05, 0.1) is 12.6 Å². The summed E-state index contributed by atoms with van der Waals surface area (Å²) in [6.07, 6.45) is 3.73. The zero-order valence-corrected chi connectivity index (χ0v) is 13.2. The summed E-state index contributed by atoms with van der Waals surface area (Å²) in [5.74, 6) is 0.127. The Labute approximate surface area is 132 Å². The summed E-state index contributed by atoms with van der Waals surface area (Å²) < 4.78 is 0. The number of fused-ring (bicyclic) bond motifs is 1. The summed E-state index contributed by atoms with van der Waals surface area (Å²) in [6.45, 7) is 4.69. The molecule has 22 heavy (non-hydrogen) atoms. The fraction of sp³-hybridized carbons (Fsp3) is 0.421. The van der Waals surface area contributed by atoms with E-state index in [4.69, 9.17) is 0 Å². The molecule has 0 aromatic heterocycles. The highest BCUT2D eigenvalue weighted by atomic mass is 16.2. The van der Waals surface area contributed by atoms with E-state index in [1.165, 1.54) is 30.0 Å². The highest BCUT2D eigenvalue weighted by molar-refractivity contribution is 5.83. The molecule has 0 saturated carbocycles. The lowest BCUT2D eigenvalue weighted by molar-refractivity contribution is -0.123. The number of piperidine rings is 1. The van der Waals surface area contributed by atoms with Crippen molar-refractivity contribution in [1.29, 1.82) is 0 Å². The summed E-state index contributed by atoms with van der Waals surface area (Å²) in [7, 11) is 0. The third-order valence-corrected chi connectivity index (χ3v) is 4.47. The molecule has 0 spiro atoms. The fourth-order valence-electron chi connectivity index (χ4n) is 3.17. The van der Waals surface area contributed by atoms with Crippen molar-refractivity contribution in [2.75, 3.05) is 19.6 Å². The molecule has 1 saturated heterocycles. The third kappa shape index (κ3) is 3.66. The number of carbonyl (C=O) groups is 1. The van der Waals surface area contributed by atoms with E-state index >= 15 is 0 Å². The van der Waals surface area contributed by atoms with E-state index in [-0.39, 0.29) is 11.9 Å². The quantitative estimate of drug-likeness (QED) is 0.936. The first kappa shape index (κ1) is 15.0. The van der Waals surface area contributed by atoms with Crippen LogP contribution >= 0.6 is 0 Å². The van der Waals surface area contributed by atoms with Gasteiger partial charge < -0.3 is 5.32 Å². The number of benzene rings is 2. The standard InChI is InChI=1S/C19H24N2O/c1-15(20-19(22)14-21-11-5-2-6-12-21)17-10-9-16-7-3-4-8-18(16)13-17/h3-4,7-10,13,15H,2,5-6,11-12,14H2,1H3,(H,20,22). The first-order valence-corrected chi connectivity index (χ1v) is 8.23. The molecule has 0 aliphatic carbocycles. The van der Waals surface area contributed by atoms with Crippen molar-refractivity contribution >= 4 is 16.7 Å². The van der Waals surface area contributed by atoms with Gasteiger partial charge in [0.2, 0.25) is 5.91 Å². The molecule has 1 heterocycles. The van der Waals surface area contributed by atoms with Crippen LogP contribution in [0, 0.1) is 0 Å². The summed E-state index contributed by atoms with van der Waals surface area (Å²) in [6, 6.07) is 14.8. The van der Waals surface area contributed by atoms with Crippen molar-refractivity contribution in [3.8, 4) is 0 Å². The highest BCUT2D eigenvalue weighted by Gasteiger charge is 2.15. The van der Waals surface area contributed by atoms with Crippen LogP contribution in [0.3, 0.4) is 0 Å². The molecule has 2 aromatic carbocycles. The van der Waals surface area contributed by atoms with Crippen molar-refractivity contribution in [3.63, 3.8) is 0 Å². The second-order valence-corrected chi connectivity index (χ2v) is 6.23. The van der Waals surface area contributed by atoms with Crippen LogP contribution in [0.25, 0.3) is 10.8 Å². The molecule has 3 nitrogen and oxygen atoms in total. The maximum atomic E-state index is 12.2. The third-order valence-electron chi connectivity index (χ3n) is 4.47. The maximum absolute atomic E-state index is 12.2. The molecule has 1 N–H and O–H groups in total. The summed E-state index contributed by atoms with van der Waals surface area (Å²) in [5, 5.41) is 5.58. The summed E-state index contributed by atoms with van der Waals surface area (Å²) in [5.41, 5.74) is 1.16. The SMILES string of the molecule is CC(NC(=O)CN1CCCCC1)c1ccc2ccccc2c1. The van der Waals surface area contributed by atoms with Crippen LogP contribution in [0.1, 0.15) is 37.8 Å². The number of hydrogen-bond acceptors (Lipinski definition) is 2. The Balaban J connectivity index is 1.62. The number of rotatable bonds is 4. The minimum atomic E-state index is 0.0434. The van der Waals surface area contributed by atoms with Crippen molar-refractivity contribution in [1.82, 2.24) is 10.2 Å². The van der Waals surface area contributed by atoms with E-state index < -0.39 is 0 Å². The average molecular weight is 296 g/mol. The molecule has 1 unspecified atom stereocenters. The van der Waals surface area contributed by atoms with Crippen LogP contribution in [-0.4, -0.2) is 30.4 Å². The molecular formula is C19H24N2O. The van der Waals surface area contributed by atoms with Crippen LogP contribution < -0.4 is 5.32 Å². The van der Waals surface area contributed by atoms with Crippen molar-refractivity contribution in [2.24, 2.45) is 0 Å². The molecule has 1 aliphatic heterocycles. The Morgan fingerprint density at radius 3 is 2.59 bits per heavy atom. The van der Waals surface area contributed by atoms with Crippen LogP contribution in [0.15, 0.2) is 42.5 Å². The van der Waals surface area contributed by atoms with E-state index in [0.29, 0.717) is 6.54 Å². The predicted molar refractivity (Wildman–Crippen MR) is 90.8 cm³/mol. The predicted octanol–water partition coefficient (Wildman–Crippen LogP) is 3.50. The first-order chi connectivity index (χ1) is 10.7. The lowest BCUT2D eigenvalue weighted by Crippen LogP contribution is -2.40. The van der Waals surface area contributed by atoms with Gasteiger partial charge in [-0.3, -0.25) is 9.69 Å². The summed E-state index contributed by atoms with van der Waals surface area (Å²) >= 11 is 0. The van der Waals surface area contributed by atoms with Gasteiger partial charge >= 0.3 is 0 Å². The average Bonchev–Trinajstić information content (AvgIpc) is 2.55. The largest absolute Gasteiger partial charge is 0.348 e. The van der Waals surface area contributed by atoms with Gasteiger partial charge in [-0.15, -0.1) is 0 Å². The monoisotopic (exact) mass is 296 g/mol. The zero-order chi connectivity index (χ0) is 15.4. The Bertz CT molecular complexity index is 647. The normalized spacial score (nSPS) is 17.3.